The Kier molecular flexibility index (Phi) is 9.51. The number of rotatable bonds is 11. The monoisotopic (exact) mass is 624 g/mol. The third kappa shape index (κ3) is 7.33. The lowest BCUT2D eigenvalue weighted by Gasteiger charge is -2.36. The Labute approximate surface area is 256 Å². The highest BCUT2D eigenvalue weighted by Gasteiger charge is 2.33. The number of aromatic nitrogens is 8. The summed E-state index contributed by atoms with van der Waals surface area (Å²) in [5.74, 6) is -3.03. The van der Waals surface area contributed by atoms with Gasteiger partial charge >= 0.3 is 12.0 Å². The standard InChI is InChI=1S/C27H32N10O8/c1-44-14-22(38)37(21-13-28-20(12-29-21)15-9-31-25(45-2)32-10-15)17-5-3-16(4-6-17)33-24-30-11-18(27(41,42)43)23(34-24)19-7-8-36(35-19)26(39)40/h7-13,16-17,26,39-43H,3-6,14H2,1-2H3,(H,30,33,34). The van der Waals surface area contributed by atoms with Gasteiger partial charge in [-0.15, -0.1) is 0 Å². The number of aliphatic hydroxyl groups is 5. The summed E-state index contributed by atoms with van der Waals surface area (Å²) in [5, 5.41) is 55.4. The molecule has 0 saturated heterocycles. The number of aliphatic hydroxyl groups excluding tert-OH is 1. The third-order valence-electron chi connectivity index (χ3n) is 7.16. The molecule has 18 nitrogen and oxygen atoms in total. The van der Waals surface area contributed by atoms with Gasteiger partial charge in [-0.3, -0.25) is 14.7 Å². The van der Waals surface area contributed by atoms with Crippen LogP contribution in [0.3, 0.4) is 0 Å². The first kappa shape index (κ1) is 31.7. The van der Waals surface area contributed by atoms with Gasteiger partial charge in [0.2, 0.25) is 5.95 Å². The maximum atomic E-state index is 13.1. The predicted molar refractivity (Wildman–Crippen MR) is 154 cm³/mol. The van der Waals surface area contributed by atoms with Gasteiger partial charge in [0.25, 0.3) is 12.3 Å². The fraction of sp³-hybridized carbons (Fsp3) is 0.407. The van der Waals surface area contributed by atoms with E-state index in [4.69, 9.17) is 9.47 Å². The van der Waals surface area contributed by atoms with E-state index in [-0.39, 0.29) is 47.9 Å². The van der Waals surface area contributed by atoms with Crippen LogP contribution in [-0.4, -0.2) is 104 Å². The van der Waals surface area contributed by atoms with Crippen molar-refractivity contribution in [1.82, 2.24) is 39.7 Å². The van der Waals surface area contributed by atoms with Gasteiger partial charge in [-0.05, 0) is 31.7 Å². The minimum absolute atomic E-state index is 0.0349. The lowest BCUT2D eigenvalue weighted by Crippen LogP contribution is -2.46. The average molecular weight is 625 g/mol. The van der Waals surface area contributed by atoms with Crippen LogP contribution in [0.1, 0.15) is 37.7 Å². The zero-order valence-corrected chi connectivity index (χ0v) is 24.3. The first-order valence-electron chi connectivity index (χ1n) is 13.8. The zero-order valence-electron chi connectivity index (χ0n) is 24.3. The van der Waals surface area contributed by atoms with Crippen LogP contribution >= 0.6 is 0 Å². The summed E-state index contributed by atoms with van der Waals surface area (Å²) < 4.78 is 10.9. The van der Waals surface area contributed by atoms with Crippen LogP contribution in [0.25, 0.3) is 22.6 Å². The number of hydrogen-bond acceptors (Lipinski definition) is 16. The molecule has 0 spiro atoms. The normalized spacial score (nSPS) is 16.9. The Hall–Kier alpha value is -4.72. The summed E-state index contributed by atoms with van der Waals surface area (Å²) in [7, 11) is 2.92. The molecule has 1 aliphatic carbocycles. The molecule has 0 aliphatic heterocycles. The number of nitrogens with zero attached hydrogens (tertiary/aromatic N) is 9. The van der Waals surface area contributed by atoms with Crippen LogP contribution in [0.2, 0.25) is 0 Å². The largest absolute Gasteiger partial charge is 0.467 e. The number of amides is 1. The van der Waals surface area contributed by atoms with Crippen LogP contribution in [-0.2, 0) is 15.5 Å². The number of anilines is 2. The van der Waals surface area contributed by atoms with Crippen LogP contribution in [0.4, 0.5) is 11.8 Å². The van der Waals surface area contributed by atoms with Gasteiger partial charge in [0.05, 0.1) is 30.8 Å². The van der Waals surface area contributed by atoms with Crippen molar-refractivity contribution in [2.24, 2.45) is 0 Å². The van der Waals surface area contributed by atoms with Gasteiger partial charge in [-0.25, -0.2) is 29.6 Å². The highest BCUT2D eigenvalue weighted by molar-refractivity contribution is 5.94. The highest BCUT2D eigenvalue weighted by atomic mass is 16.7. The van der Waals surface area contributed by atoms with Crippen molar-refractivity contribution in [3.05, 3.63) is 48.8 Å². The van der Waals surface area contributed by atoms with E-state index >= 15 is 0 Å². The number of carbonyl (C=O) groups is 1. The molecular weight excluding hydrogens is 592 g/mol. The second-order valence-corrected chi connectivity index (χ2v) is 10.2. The Balaban J connectivity index is 1.30. The fourth-order valence-corrected chi connectivity index (χ4v) is 5.01. The van der Waals surface area contributed by atoms with Crippen molar-refractivity contribution >= 4 is 17.7 Å². The predicted octanol–water partition coefficient (Wildman–Crippen LogP) is -0.474. The number of hydrogen-bond donors (Lipinski definition) is 6. The molecule has 5 rings (SSSR count). The SMILES string of the molecule is COCC(=O)N(c1cnc(-c2cnc(OC)nc2)cn1)C1CCC(Nc2ncc(C(O)(O)O)c(-c3ccn(C(O)O)n3)n2)CC1. The van der Waals surface area contributed by atoms with Crippen LogP contribution in [0, 0.1) is 0 Å². The Bertz CT molecular complexity index is 1590. The molecule has 1 amide bonds. The minimum Gasteiger partial charge on any atom is -0.467 e. The topological polar surface area (TPSA) is 247 Å². The van der Waals surface area contributed by atoms with E-state index in [1.165, 1.54) is 32.7 Å². The molecule has 4 aromatic rings. The molecule has 1 aliphatic rings. The van der Waals surface area contributed by atoms with Gasteiger partial charge in [0.15, 0.2) is 5.82 Å². The van der Waals surface area contributed by atoms with Gasteiger partial charge in [0.1, 0.15) is 18.0 Å². The molecule has 0 bridgehead atoms. The van der Waals surface area contributed by atoms with Crippen molar-refractivity contribution in [2.45, 2.75) is 50.2 Å². The Morgan fingerprint density at radius 1 is 1.00 bits per heavy atom. The molecule has 1 fully saturated rings. The number of nitrogens with one attached hydrogen (secondary N) is 1. The van der Waals surface area contributed by atoms with Gasteiger partial charge in [-0.2, -0.15) is 5.10 Å². The summed E-state index contributed by atoms with van der Waals surface area (Å²) in [6.07, 6.45) is 8.98. The van der Waals surface area contributed by atoms with Crippen molar-refractivity contribution in [3.8, 4) is 28.7 Å². The van der Waals surface area contributed by atoms with Gasteiger partial charge in [-0.1, -0.05) is 0 Å². The quantitative estimate of drug-likeness (QED) is 0.115. The summed E-state index contributed by atoms with van der Waals surface area (Å²) in [4.78, 5) is 40.3. The summed E-state index contributed by atoms with van der Waals surface area (Å²) in [5.41, 5.74) is 0.615. The maximum absolute atomic E-state index is 13.1. The zero-order chi connectivity index (χ0) is 32.1. The summed E-state index contributed by atoms with van der Waals surface area (Å²) in [6.45, 7) is -0.137. The summed E-state index contributed by atoms with van der Waals surface area (Å²) in [6, 6.07) is 1.29. The minimum atomic E-state index is -3.27. The molecule has 4 aromatic heterocycles. The number of carbonyl (C=O) groups excluding carboxylic acids is 1. The number of ether oxygens (including phenoxy) is 2. The Morgan fingerprint density at radius 3 is 2.31 bits per heavy atom. The smallest absolute Gasteiger partial charge is 0.316 e. The second-order valence-electron chi connectivity index (χ2n) is 10.2. The first-order valence-corrected chi connectivity index (χ1v) is 13.8. The van der Waals surface area contributed by atoms with E-state index in [0.717, 1.165) is 10.9 Å². The van der Waals surface area contributed by atoms with Crippen molar-refractivity contribution in [2.75, 3.05) is 31.0 Å². The second kappa shape index (κ2) is 13.5. The molecule has 0 atom stereocenters. The van der Waals surface area contributed by atoms with Crippen LogP contribution < -0.4 is 15.0 Å². The molecular formula is C27H32N10O8. The molecule has 45 heavy (non-hydrogen) atoms. The van der Waals surface area contributed by atoms with Crippen LogP contribution in [0.15, 0.2) is 43.2 Å². The molecule has 0 unspecified atom stereocenters. The summed E-state index contributed by atoms with van der Waals surface area (Å²) >= 11 is 0. The van der Waals surface area contributed by atoms with E-state index in [2.05, 4.69) is 40.3 Å². The third-order valence-corrected chi connectivity index (χ3v) is 7.16. The van der Waals surface area contributed by atoms with Crippen molar-refractivity contribution < 1.29 is 39.8 Å². The average Bonchev–Trinajstić information content (AvgIpc) is 3.53. The number of methoxy groups -OCH3 is 2. The van der Waals surface area contributed by atoms with Crippen molar-refractivity contribution in [3.63, 3.8) is 0 Å². The lowest BCUT2D eigenvalue weighted by atomic mass is 9.90. The van der Waals surface area contributed by atoms with E-state index in [1.54, 1.807) is 23.5 Å². The Morgan fingerprint density at radius 2 is 1.73 bits per heavy atom. The molecule has 18 heteroatoms. The highest BCUT2D eigenvalue weighted by Crippen LogP contribution is 2.31. The molecule has 6 N–H and O–H groups in total. The first-order chi connectivity index (χ1) is 21.6. The van der Waals surface area contributed by atoms with Gasteiger partial charge < -0.3 is 40.3 Å². The van der Waals surface area contributed by atoms with Crippen molar-refractivity contribution in [1.29, 1.82) is 0 Å². The lowest BCUT2D eigenvalue weighted by molar-refractivity contribution is -0.323. The fourth-order valence-electron chi connectivity index (χ4n) is 5.01. The van der Waals surface area contributed by atoms with Crippen LogP contribution in [0.5, 0.6) is 6.01 Å². The molecule has 238 valence electrons. The van der Waals surface area contributed by atoms with E-state index in [0.29, 0.717) is 42.8 Å². The molecule has 0 radical (unpaired) electrons. The van der Waals surface area contributed by atoms with E-state index in [1.807, 2.05) is 0 Å². The maximum Gasteiger partial charge on any atom is 0.316 e. The molecule has 0 aromatic carbocycles. The van der Waals surface area contributed by atoms with E-state index < -0.39 is 18.0 Å². The molecule has 1 saturated carbocycles. The molecule has 4 heterocycles. The van der Waals surface area contributed by atoms with E-state index in [9.17, 15) is 30.3 Å². The van der Waals surface area contributed by atoms with Gasteiger partial charge in [0, 0.05) is 49.5 Å².